The molecule has 1 saturated heterocycles. The second-order valence-electron chi connectivity index (χ2n) is 6.96. The average Bonchev–Trinajstić information content (AvgIpc) is 2.88. The number of amides is 1. The van der Waals surface area contributed by atoms with Crippen LogP contribution in [0.25, 0.3) is 0 Å². The Kier molecular flexibility index (Phi) is 6.40. The van der Waals surface area contributed by atoms with E-state index in [0.29, 0.717) is 21.4 Å². The maximum atomic E-state index is 13.7. The second kappa shape index (κ2) is 8.83. The molecule has 30 heavy (non-hydrogen) atoms. The highest BCUT2D eigenvalue weighted by atomic mass is 32.2. The van der Waals surface area contributed by atoms with Crippen LogP contribution in [0.5, 0.6) is 11.5 Å². The van der Waals surface area contributed by atoms with Crippen LogP contribution >= 0.6 is 0 Å². The lowest BCUT2D eigenvalue weighted by Gasteiger charge is -2.24. The van der Waals surface area contributed by atoms with Crippen LogP contribution < -0.4 is 9.47 Å². The molecule has 0 bridgehead atoms. The van der Waals surface area contributed by atoms with Gasteiger partial charge in [-0.1, -0.05) is 0 Å². The molecule has 1 atom stereocenters. The van der Waals surface area contributed by atoms with Crippen LogP contribution in [0.2, 0.25) is 0 Å². The number of carbonyl (C=O) groups is 2. The summed E-state index contributed by atoms with van der Waals surface area (Å²) in [6, 6.07) is 9.51. The van der Waals surface area contributed by atoms with E-state index in [-0.39, 0.29) is 29.9 Å². The summed E-state index contributed by atoms with van der Waals surface area (Å²) in [7, 11) is -1.36. The van der Waals surface area contributed by atoms with Gasteiger partial charge in [-0.25, -0.2) is 17.1 Å². The molecule has 0 aliphatic carbocycles. The topological polar surface area (TPSA) is 90.0 Å². The molecule has 7 nitrogen and oxygen atoms in total. The molecule has 160 valence electrons. The third-order valence-electron chi connectivity index (χ3n) is 5.04. The summed E-state index contributed by atoms with van der Waals surface area (Å²) in [6.45, 7) is -0.524. The maximum absolute atomic E-state index is 13.7. The molecular formula is C21H22FNO6S. The minimum absolute atomic E-state index is 0.0572. The van der Waals surface area contributed by atoms with E-state index in [1.165, 1.54) is 56.7 Å². The molecule has 1 heterocycles. The van der Waals surface area contributed by atoms with Gasteiger partial charge in [-0.15, -0.1) is 0 Å². The molecule has 1 aliphatic heterocycles. The number of nitrogens with zero attached hydrogens (tertiary/aromatic N) is 1. The highest BCUT2D eigenvalue weighted by Gasteiger charge is 2.38. The molecule has 2 aromatic carbocycles. The van der Waals surface area contributed by atoms with Crippen molar-refractivity contribution in [1.82, 2.24) is 4.31 Å². The zero-order chi connectivity index (χ0) is 21.9. The Morgan fingerprint density at radius 1 is 1.07 bits per heavy atom. The smallest absolute Gasteiger partial charge is 0.266 e. The van der Waals surface area contributed by atoms with E-state index in [0.717, 1.165) is 0 Å². The number of ether oxygens (including phenoxy) is 2. The largest absolute Gasteiger partial charge is 0.497 e. The van der Waals surface area contributed by atoms with Gasteiger partial charge in [0.1, 0.15) is 17.3 Å². The molecule has 0 aromatic heterocycles. The number of benzene rings is 2. The second-order valence-corrected chi connectivity index (χ2v) is 8.82. The SMILES string of the molecule is COc1ccc(S(=O)(=O)N2CC(=O)CCC(Cc3cc(F)ccc3OC)C2=O)cc1. The van der Waals surface area contributed by atoms with Crippen molar-refractivity contribution in [2.24, 2.45) is 5.92 Å². The van der Waals surface area contributed by atoms with Gasteiger partial charge < -0.3 is 9.47 Å². The van der Waals surface area contributed by atoms with Crippen molar-refractivity contribution >= 4 is 21.7 Å². The van der Waals surface area contributed by atoms with Gasteiger partial charge in [0.15, 0.2) is 5.78 Å². The van der Waals surface area contributed by atoms with Crippen molar-refractivity contribution in [2.45, 2.75) is 24.2 Å². The number of hydrogen-bond donors (Lipinski definition) is 0. The lowest BCUT2D eigenvalue weighted by Crippen LogP contribution is -2.42. The number of hydrogen-bond acceptors (Lipinski definition) is 6. The molecule has 1 aliphatic rings. The number of methoxy groups -OCH3 is 2. The first-order chi connectivity index (χ1) is 14.3. The summed E-state index contributed by atoms with van der Waals surface area (Å²) in [6.07, 6.45) is 0.288. The van der Waals surface area contributed by atoms with Crippen LogP contribution in [0.1, 0.15) is 18.4 Å². The van der Waals surface area contributed by atoms with Crippen LogP contribution in [0, 0.1) is 11.7 Å². The molecule has 0 saturated carbocycles. The summed E-state index contributed by atoms with van der Waals surface area (Å²) >= 11 is 0. The summed E-state index contributed by atoms with van der Waals surface area (Å²) in [4.78, 5) is 25.3. The predicted molar refractivity (Wildman–Crippen MR) is 106 cm³/mol. The van der Waals surface area contributed by atoms with Crippen molar-refractivity contribution in [3.05, 3.63) is 53.8 Å². The Morgan fingerprint density at radius 3 is 2.40 bits per heavy atom. The zero-order valence-electron chi connectivity index (χ0n) is 16.6. The predicted octanol–water partition coefficient (Wildman–Crippen LogP) is 2.58. The van der Waals surface area contributed by atoms with Crippen LogP contribution in [0.15, 0.2) is 47.4 Å². The summed E-state index contributed by atoms with van der Waals surface area (Å²) in [5, 5.41) is 0. The monoisotopic (exact) mass is 435 g/mol. The summed E-state index contributed by atoms with van der Waals surface area (Å²) in [5.74, 6) is -1.49. The van der Waals surface area contributed by atoms with E-state index in [1.54, 1.807) is 0 Å². The zero-order valence-corrected chi connectivity index (χ0v) is 17.4. The Bertz CT molecular complexity index is 1050. The Labute approximate surface area is 174 Å². The van der Waals surface area contributed by atoms with Crippen LogP contribution in [-0.4, -0.2) is 45.2 Å². The quantitative estimate of drug-likeness (QED) is 0.693. The average molecular weight is 435 g/mol. The minimum Gasteiger partial charge on any atom is -0.497 e. The van der Waals surface area contributed by atoms with E-state index in [4.69, 9.17) is 9.47 Å². The number of halogens is 1. The van der Waals surface area contributed by atoms with Gasteiger partial charge in [0.25, 0.3) is 10.0 Å². The maximum Gasteiger partial charge on any atom is 0.266 e. The number of rotatable bonds is 6. The van der Waals surface area contributed by atoms with Crippen molar-refractivity contribution < 1.29 is 31.9 Å². The highest BCUT2D eigenvalue weighted by molar-refractivity contribution is 7.89. The molecule has 3 rings (SSSR count). The Morgan fingerprint density at radius 2 is 1.77 bits per heavy atom. The van der Waals surface area contributed by atoms with E-state index in [1.807, 2.05) is 0 Å². The van der Waals surface area contributed by atoms with Crippen molar-refractivity contribution in [3.63, 3.8) is 0 Å². The fraction of sp³-hybridized carbons (Fsp3) is 0.333. The summed E-state index contributed by atoms with van der Waals surface area (Å²) in [5.41, 5.74) is 0.437. The number of Topliss-reactive ketones (excluding diaryl/α,β-unsaturated/α-hetero) is 1. The van der Waals surface area contributed by atoms with E-state index < -0.39 is 34.2 Å². The molecule has 1 fully saturated rings. The first kappa shape index (κ1) is 21.8. The van der Waals surface area contributed by atoms with Gasteiger partial charge >= 0.3 is 0 Å². The number of carbonyl (C=O) groups excluding carboxylic acids is 2. The van der Waals surface area contributed by atoms with Crippen LogP contribution in [0.4, 0.5) is 4.39 Å². The van der Waals surface area contributed by atoms with Gasteiger partial charge in [0, 0.05) is 12.3 Å². The van der Waals surface area contributed by atoms with Crippen LogP contribution in [0.3, 0.4) is 0 Å². The van der Waals surface area contributed by atoms with Crippen molar-refractivity contribution in [1.29, 1.82) is 0 Å². The standard InChI is InChI=1S/C21H22FNO6S/c1-28-18-6-8-19(9-7-18)30(26,27)23-13-17(24)5-3-14(21(23)25)11-15-12-16(22)4-10-20(15)29-2/h4,6-10,12,14H,3,5,11,13H2,1-2H3. The molecule has 9 heteroatoms. The summed E-state index contributed by atoms with van der Waals surface area (Å²) < 4.78 is 50.8. The molecule has 0 spiro atoms. The number of sulfonamides is 1. The fourth-order valence-corrected chi connectivity index (χ4v) is 4.85. The first-order valence-corrected chi connectivity index (χ1v) is 10.7. The lowest BCUT2D eigenvalue weighted by molar-refractivity contribution is -0.131. The third kappa shape index (κ3) is 4.46. The molecule has 0 N–H and O–H groups in total. The van der Waals surface area contributed by atoms with Gasteiger partial charge in [-0.2, -0.15) is 0 Å². The number of ketones is 1. The highest BCUT2D eigenvalue weighted by Crippen LogP contribution is 2.29. The van der Waals surface area contributed by atoms with Crippen molar-refractivity contribution in [3.8, 4) is 11.5 Å². The van der Waals surface area contributed by atoms with Crippen molar-refractivity contribution in [2.75, 3.05) is 20.8 Å². The minimum atomic E-state index is -4.24. The molecule has 2 aromatic rings. The third-order valence-corrected chi connectivity index (χ3v) is 6.80. The Hall–Kier alpha value is -2.94. The van der Waals surface area contributed by atoms with E-state index in [9.17, 15) is 22.4 Å². The van der Waals surface area contributed by atoms with E-state index >= 15 is 0 Å². The van der Waals surface area contributed by atoms with Gasteiger partial charge in [0.2, 0.25) is 5.91 Å². The van der Waals surface area contributed by atoms with Crippen LogP contribution in [-0.2, 0) is 26.0 Å². The molecule has 1 unspecified atom stereocenters. The van der Waals surface area contributed by atoms with E-state index in [2.05, 4.69) is 0 Å². The molecule has 1 amide bonds. The Balaban J connectivity index is 1.94. The molecule has 0 radical (unpaired) electrons. The van der Waals surface area contributed by atoms with Gasteiger partial charge in [-0.05, 0) is 60.9 Å². The van der Waals surface area contributed by atoms with Gasteiger partial charge in [-0.3, -0.25) is 9.59 Å². The normalized spacial score (nSPS) is 17.6. The lowest BCUT2D eigenvalue weighted by atomic mass is 9.93. The first-order valence-electron chi connectivity index (χ1n) is 9.31. The fourth-order valence-electron chi connectivity index (χ4n) is 3.42. The molecular weight excluding hydrogens is 413 g/mol. The van der Waals surface area contributed by atoms with Gasteiger partial charge in [0.05, 0.1) is 25.7 Å².